The Bertz CT molecular complexity index is 376. The summed E-state index contributed by atoms with van der Waals surface area (Å²) in [6.45, 7) is 7.98. The summed E-state index contributed by atoms with van der Waals surface area (Å²) in [5.74, 6) is 0. The lowest BCUT2D eigenvalue weighted by molar-refractivity contribution is 0.209. The summed E-state index contributed by atoms with van der Waals surface area (Å²) in [7, 11) is 0. The Kier molecular flexibility index (Phi) is 5.71. The molecule has 1 aromatic carbocycles. The molecule has 0 aromatic heterocycles. The van der Waals surface area contributed by atoms with Crippen LogP contribution < -0.4 is 0 Å². The predicted octanol–water partition coefficient (Wildman–Crippen LogP) is 4.41. The molecule has 1 nitrogen and oxygen atoms in total. The number of aliphatic hydroxyl groups excluding tert-OH is 1. The molecule has 1 heteroatoms. The average Bonchev–Trinajstić information content (AvgIpc) is 2.39. The summed E-state index contributed by atoms with van der Waals surface area (Å²) in [5.41, 5.74) is 3.14. The van der Waals surface area contributed by atoms with E-state index >= 15 is 0 Å². The second-order valence-corrected chi connectivity index (χ2v) is 4.33. The van der Waals surface area contributed by atoms with Crippen LogP contribution in [0.2, 0.25) is 0 Å². The Morgan fingerprint density at radius 2 is 2.00 bits per heavy atom. The molecule has 0 amide bonds. The van der Waals surface area contributed by atoms with Crippen molar-refractivity contribution in [2.75, 3.05) is 0 Å². The van der Waals surface area contributed by atoms with Gasteiger partial charge in [0.25, 0.3) is 0 Å². The summed E-state index contributed by atoms with van der Waals surface area (Å²) in [5, 5.41) is 10.4. The van der Waals surface area contributed by atoms with Gasteiger partial charge in [0.1, 0.15) is 6.10 Å². The molecular formula is C16H22O. The largest absolute Gasteiger partial charge is 0.384 e. The van der Waals surface area contributed by atoms with E-state index in [1.165, 1.54) is 0 Å². The maximum Gasteiger partial charge on any atom is 0.101 e. The maximum absolute atomic E-state index is 10.4. The molecule has 1 aromatic rings. The normalized spacial score (nSPS) is 14.1. The highest BCUT2D eigenvalue weighted by Gasteiger charge is 2.14. The molecule has 0 fully saturated rings. The van der Waals surface area contributed by atoms with Crippen LogP contribution in [0.25, 0.3) is 0 Å². The van der Waals surface area contributed by atoms with Crippen LogP contribution in [-0.4, -0.2) is 5.11 Å². The molecule has 1 rings (SSSR count). The summed E-state index contributed by atoms with van der Waals surface area (Å²) >= 11 is 0. The highest BCUT2D eigenvalue weighted by molar-refractivity contribution is 5.32. The van der Waals surface area contributed by atoms with E-state index in [0.717, 1.165) is 36.0 Å². The van der Waals surface area contributed by atoms with Crippen molar-refractivity contribution in [3.63, 3.8) is 0 Å². The molecule has 1 atom stereocenters. The summed E-state index contributed by atoms with van der Waals surface area (Å²) in [6.07, 6.45) is 4.50. The zero-order valence-electron chi connectivity index (χ0n) is 10.8. The molecule has 0 aliphatic heterocycles. The quantitative estimate of drug-likeness (QED) is 0.717. The third-order valence-electron chi connectivity index (χ3n) is 3.06. The first-order valence-electron chi connectivity index (χ1n) is 6.25. The highest BCUT2D eigenvalue weighted by Crippen LogP contribution is 2.28. The van der Waals surface area contributed by atoms with Gasteiger partial charge >= 0.3 is 0 Å². The molecule has 0 aliphatic carbocycles. The average molecular weight is 230 g/mol. The summed E-state index contributed by atoms with van der Waals surface area (Å²) in [6, 6.07) is 9.81. The maximum atomic E-state index is 10.4. The van der Waals surface area contributed by atoms with Gasteiger partial charge < -0.3 is 5.11 Å². The van der Waals surface area contributed by atoms with Crippen molar-refractivity contribution in [1.29, 1.82) is 0 Å². The van der Waals surface area contributed by atoms with Crippen LogP contribution in [0, 0.1) is 0 Å². The van der Waals surface area contributed by atoms with Crippen LogP contribution in [0.1, 0.15) is 44.8 Å². The standard InChI is InChI=1S/C16H22O/c1-4-6-12-15(13(3)5-2)16(17)14-10-8-7-9-11-14/h5,7-11,16-17H,2,4,6,12H2,1,3H3/b15-13+. The fourth-order valence-electron chi connectivity index (χ4n) is 1.88. The van der Waals surface area contributed by atoms with E-state index in [9.17, 15) is 5.11 Å². The highest BCUT2D eigenvalue weighted by atomic mass is 16.3. The molecule has 92 valence electrons. The van der Waals surface area contributed by atoms with E-state index in [2.05, 4.69) is 13.5 Å². The van der Waals surface area contributed by atoms with Crippen molar-refractivity contribution < 1.29 is 5.11 Å². The van der Waals surface area contributed by atoms with Crippen molar-refractivity contribution in [3.05, 3.63) is 59.7 Å². The van der Waals surface area contributed by atoms with Crippen molar-refractivity contribution in [2.24, 2.45) is 0 Å². The van der Waals surface area contributed by atoms with E-state index in [1.54, 1.807) is 0 Å². The Balaban J connectivity index is 2.95. The summed E-state index contributed by atoms with van der Waals surface area (Å²) in [4.78, 5) is 0. The number of benzene rings is 1. The minimum Gasteiger partial charge on any atom is -0.384 e. The van der Waals surface area contributed by atoms with E-state index in [1.807, 2.05) is 43.3 Å². The monoisotopic (exact) mass is 230 g/mol. The van der Waals surface area contributed by atoms with Crippen LogP contribution in [0.5, 0.6) is 0 Å². The molecule has 0 aliphatic rings. The molecule has 0 saturated carbocycles. The smallest absolute Gasteiger partial charge is 0.101 e. The summed E-state index contributed by atoms with van der Waals surface area (Å²) < 4.78 is 0. The van der Waals surface area contributed by atoms with E-state index in [4.69, 9.17) is 0 Å². The van der Waals surface area contributed by atoms with Gasteiger partial charge in [0, 0.05) is 0 Å². The Hall–Kier alpha value is -1.34. The van der Waals surface area contributed by atoms with Gasteiger partial charge in [-0.25, -0.2) is 0 Å². The number of unbranched alkanes of at least 4 members (excludes halogenated alkanes) is 1. The van der Waals surface area contributed by atoms with Crippen LogP contribution >= 0.6 is 0 Å². The third-order valence-corrected chi connectivity index (χ3v) is 3.06. The minimum absolute atomic E-state index is 0.499. The van der Waals surface area contributed by atoms with E-state index in [-0.39, 0.29) is 0 Å². The Morgan fingerprint density at radius 3 is 2.53 bits per heavy atom. The molecule has 0 spiro atoms. The number of aliphatic hydroxyl groups is 1. The van der Waals surface area contributed by atoms with Crippen molar-refractivity contribution in [1.82, 2.24) is 0 Å². The zero-order valence-corrected chi connectivity index (χ0v) is 10.8. The van der Waals surface area contributed by atoms with E-state index in [0.29, 0.717) is 0 Å². The molecule has 1 unspecified atom stereocenters. The van der Waals surface area contributed by atoms with Gasteiger partial charge in [-0.15, -0.1) is 0 Å². The molecule has 1 N–H and O–H groups in total. The van der Waals surface area contributed by atoms with Crippen LogP contribution in [0.15, 0.2) is 54.1 Å². The van der Waals surface area contributed by atoms with Crippen LogP contribution in [0.4, 0.5) is 0 Å². The van der Waals surface area contributed by atoms with Gasteiger partial charge in [0.05, 0.1) is 0 Å². The lowest BCUT2D eigenvalue weighted by Crippen LogP contribution is -2.03. The molecule has 17 heavy (non-hydrogen) atoms. The third kappa shape index (κ3) is 3.86. The Labute approximate surface area is 104 Å². The number of hydrogen-bond donors (Lipinski definition) is 1. The van der Waals surface area contributed by atoms with Gasteiger partial charge in [-0.3, -0.25) is 0 Å². The first-order valence-corrected chi connectivity index (χ1v) is 6.25. The fourth-order valence-corrected chi connectivity index (χ4v) is 1.88. The van der Waals surface area contributed by atoms with Gasteiger partial charge in [0.15, 0.2) is 0 Å². The predicted molar refractivity (Wildman–Crippen MR) is 73.8 cm³/mol. The molecule has 0 bridgehead atoms. The zero-order chi connectivity index (χ0) is 12.7. The molecule has 0 heterocycles. The second-order valence-electron chi connectivity index (χ2n) is 4.33. The van der Waals surface area contributed by atoms with Gasteiger partial charge in [-0.2, -0.15) is 0 Å². The first kappa shape index (κ1) is 13.7. The number of hydrogen-bond acceptors (Lipinski definition) is 1. The fraction of sp³-hybridized carbons (Fsp3) is 0.375. The van der Waals surface area contributed by atoms with Crippen molar-refractivity contribution >= 4 is 0 Å². The molecule has 0 radical (unpaired) electrons. The second kappa shape index (κ2) is 7.08. The van der Waals surface area contributed by atoms with Crippen molar-refractivity contribution in [3.8, 4) is 0 Å². The van der Waals surface area contributed by atoms with Crippen molar-refractivity contribution in [2.45, 2.75) is 39.2 Å². The number of allylic oxidation sites excluding steroid dienone is 2. The number of rotatable bonds is 6. The lowest BCUT2D eigenvalue weighted by atomic mass is 9.93. The van der Waals surface area contributed by atoms with Crippen LogP contribution in [0.3, 0.4) is 0 Å². The first-order chi connectivity index (χ1) is 8.20. The van der Waals surface area contributed by atoms with Crippen LogP contribution in [-0.2, 0) is 0 Å². The van der Waals surface area contributed by atoms with E-state index < -0.39 is 6.10 Å². The Morgan fingerprint density at radius 1 is 1.35 bits per heavy atom. The van der Waals surface area contributed by atoms with Gasteiger partial charge in [-0.05, 0) is 36.5 Å². The van der Waals surface area contributed by atoms with Gasteiger partial charge in [0.2, 0.25) is 0 Å². The lowest BCUT2D eigenvalue weighted by Gasteiger charge is -2.17. The molecule has 0 saturated heterocycles. The topological polar surface area (TPSA) is 20.2 Å². The molecular weight excluding hydrogens is 208 g/mol. The SMILES string of the molecule is C=C/C(C)=C(\CCCC)C(O)c1ccccc1. The van der Waals surface area contributed by atoms with Gasteiger partial charge in [-0.1, -0.05) is 56.3 Å². The minimum atomic E-state index is -0.499.